The van der Waals surface area contributed by atoms with Crippen LogP contribution in [0.2, 0.25) is 0 Å². The van der Waals surface area contributed by atoms with Gasteiger partial charge in [0, 0.05) is 24.6 Å². The van der Waals surface area contributed by atoms with E-state index in [1.807, 2.05) is 24.3 Å². The molecule has 2 fully saturated rings. The zero-order valence-electron chi connectivity index (χ0n) is 17.7. The lowest BCUT2D eigenvalue weighted by Gasteiger charge is -2.23. The van der Waals surface area contributed by atoms with Crippen LogP contribution in [0.5, 0.6) is 5.75 Å². The van der Waals surface area contributed by atoms with Crippen LogP contribution in [0.3, 0.4) is 0 Å². The quantitative estimate of drug-likeness (QED) is 0.508. The molecule has 1 saturated heterocycles. The van der Waals surface area contributed by atoms with E-state index < -0.39 is 6.04 Å². The van der Waals surface area contributed by atoms with Crippen LogP contribution in [0.15, 0.2) is 24.3 Å². The predicted molar refractivity (Wildman–Crippen MR) is 125 cm³/mol. The third kappa shape index (κ3) is 7.39. The summed E-state index contributed by atoms with van der Waals surface area (Å²) in [6.07, 6.45) is 6.56. The van der Waals surface area contributed by atoms with Gasteiger partial charge in [-0.2, -0.15) is 11.8 Å². The van der Waals surface area contributed by atoms with Crippen molar-refractivity contribution in [3.63, 3.8) is 0 Å². The molecule has 0 radical (unpaired) electrons. The van der Waals surface area contributed by atoms with Gasteiger partial charge in [-0.15, -0.1) is 11.8 Å². The van der Waals surface area contributed by atoms with E-state index in [4.69, 9.17) is 4.74 Å². The van der Waals surface area contributed by atoms with Crippen molar-refractivity contribution in [2.45, 2.75) is 50.1 Å². The normalized spacial score (nSPS) is 20.5. The summed E-state index contributed by atoms with van der Waals surface area (Å²) >= 11 is 3.38. The van der Waals surface area contributed by atoms with E-state index in [-0.39, 0.29) is 17.2 Å². The molecule has 1 saturated carbocycles. The summed E-state index contributed by atoms with van der Waals surface area (Å²) < 4.78 is 5.17. The van der Waals surface area contributed by atoms with Gasteiger partial charge in [-0.1, -0.05) is 31.4 Å². The number of ether oxygens (including phenoxy) is 1. The number of thioether (sulfide) groups is 2. The van der Waals surface area contributed by atoms with Gasteiger partial charge in [0.1, 0.15) is 17.2 Å². The van der Waals surface area contributed by atoms with E-state index in [9.17, 15) is 9.59 Å². The fourth-order valence-corrected chi connectivity index (χ4v) is 5.99. The van der Waals surface area contributed by atoms with E-state index in [1.165, 1.54) is 32.1 Å². The Morgan fingerprint density at radius 1 is 1.23 bits per heavy atom. The van der Waals surface area contributed by atoms with Gasteiger partial charge in [0.15, 0.2) is 0 Å². The monoisotopic (exact) mass is 451 g/mol. The van der Waals surface area contributed by atoms with Gasteiger partial charge in [-0.3, -0.25) is 14.9 Å². The average Bonchev–Trinajstić information content (AvgIpc) is 3.33. The number of hydrogen-bond acceptors (Lipinski definition) is 6. The van der Waals surface area contributed by atoms with E-state index in [1.54, 1.807) is 30.6 Å². The van der Waals surface area contributed by atoms with Crippen LogP contribution < -0.4 is 20.7 Å². The molecule has 8 heteroatoms. The first-order valence-electron chi connectivity index (χ1n) is 10.8. The molecule has 166 valence electrons. The van der Waals surface area contributed by atoms with Crippen molar-refractivity contribution in [1.82, 2.24) is 16.0 Å². The molecule has 0 spiro atoms. The lowest BCUT2D eigenvalue weighted by molar-refractivity contribution is -0.128. The van der Waals surface area contributed by atoms with Gasteiger partial charge >= 0.3 is 0 Å². The molecule has 1 aromatic rings. The van der Waals surface area contributed by atoms with Crippen molar-refractivity contribution in [2.24, 2.45) is 5.92 Å². The number of carbonyl (C=O) groups excluding carboxylic acids is 2. The molecule has 1 aromatic carbocycles. The summed E-state index contributed by atoms with van der Waals surface area (Å²) in [5, 5.41) is 8.88. The Kier molecular flexibility index (Phi) is 9.68. The number of amides is 2. The Bertz CT molecular complexity index is 675. The number of methoxy groups -OCH3 is 1. The Morgan fingerprint density at radius 3 is 2.67 bits per heavy atom. The summed E-state index contributed by atoms with van der Waals surface area (Å²) in [4.78, 5) is 25.5. The maximum atomic E-state index is 12.9. The molecular formula is C22H33N3O3S2. The van der Waals surface area contributed by atoms with Gasteiger partial charge in [0.25, 0.3) is 0 Å². The van der Waals surface area contributed by atoms with Gasteiger partial charge in [-0.25, -0.2) is 0 Å². The molecule has 1 unspecified atom stereocenters. The van der Waals surface area contributed by atoms with Crippen molar-refractivity contribution >= 4 is 35.3 Å². The fourth-order valence-electron chi connectivity index (χ4n) is 3.79. The third-order valence-electron chi connectivity index (χ3n) is 5.58. The summed E-state index contributed by atoms with van der Waals surface area (Å²) in [6, 6.07) is 7.10. The highest BCUT2D eigenvalue weighted by atomic mass is 32.2. The Balaban J connectivity index is 1.51. The minimum atomic E-state index is -0.521. The number of nitrogens with one attached hydrogen (secondary N) is 3. The second kappa shape index (κ2) is 12.5. The van der Waals surface area contributed by atoms with Crippen molar-refractivity contribution in [2.75, 3.05) is 30.9 Å². The standard InChI is InChI=1S/C22H33N3O3S2/c1-28-18-9-7-16(8-10-18)13-24-20(26)19(25-21(27)22-23-11-12-30-22)15-29-14-17-5-3-2-4-6-17/h7-10,17,19,22-23H,2-6,11-15H2,1H3,(H,24,26)(H,25,27)/t19-,22?/m0/s1. The molecule has 2 aliphatic rings. The molecular weight excluding hydrogens is 418 g/mol. The van der Waals surface area contributed by atoms with E-state index in [2.05, 4.69) is 16.0 Å². The molecule has 30 heavy (non-hydrogen) atoms. The molecule has 3 N–H and O–H groups in total. The average molecular weight is 452 g/mol. The second-order valence-electron chi connectivity index (χ2n) is 7.87. The van der Waals surface area contributed by atoms with E-state index in [0.717, 1.165) is 35.3 Å². The highest BCUT2D eigenvalue weighted by Crippen LogP contribution is 2.27. The van der Waals surface area contributed by atoms with Gasteiger partial charge in [0.05, 0.1) is 7.11 Å². The Morgan fingerprint density at radius 2 is 2.00 bits per heavy atom. The van der Waals surface area contributed by atoms with Crippen LogP contribution in [0, 0.1) is 5.92 Å². The van der Waals surface area contributed by atoms with Crippen LogP contribution in [0.25, 0.3) is 0 Å². The first-order valence-corrected chi connectivity index (χ1v) is 13.0. The minimum Gasteiger partial charge on any atom is -0.497 e. The second-order valence-corrected chi connectivity index (χ2v) is 10.2. The first-order chi connectivity index (χ1) is 14.7. The van der Waals surface area contributed by atoms with Crippen molar-refractivity contribution < 1.29 is 14.3 Å². The smallest absolute Gasteiger partial charge is 0.248 e. The van der Waals surface area contributed by atoms with Crippen LogP contribution in [0.4, 0.5) is 0 Å². The zero-order valence-corrected chi connectivity index (χ0v) is 19.3. The van der Waals surface area contributed by atoms with Crippen molar-refractivity contribution in [3.05, 3.63) is 29.8 Å². The lowest BCUT2D eigenvalue weighted by atomic mass is 9.91. The summed E-state index contributed by atoms with van der Waals surface area (Å²) in [7, 11) is 1.63. The molecule has 0 aromatic heterocycles. The number of carbonyl (C=O) groups is 2. The summed E-state index contributed by atoms with van der Waals surface area (Å²) in [5.41, 5.74) is 0.997. The third-order valence-corrected chi connectivity index (χ3v) is 8.01. The number of rotatable bonds is 10. The maximum absolute atomic E-state index is 12.9. The largest absolute Gasteiger partial charge is 0.497 e. The topological polar surface area (TPSA) is 79.5 Å². The molecule has 0 bridgehead atoms. The molecule has 6 nitrogen and oxygen atoms in total. The van der Waals surface area contributed by atoms with Gasteiger partial charge in [0.2, 0.25) is 11.8 Å². The molecule has 1 aliphatic carbocycles. The van der Waals surface area contributed by atoms with Crippen LogP contribution in [-0.4, -0.2) is 54.1 Å². The highest BCUT2D eigenvalue weighted by molar-refractivity contribution is 8.00. The van der Waals surface area contributed by atoms with E-state index >= 15 is 0 Å². The molecule has 1 heterocycles. The maximum Gasteiger partial charge on any atom is 0.248 e. The van der Waals surface area contributed by atoms with Crippen molar-refractivity contribution in [3.8, 4) is 5.75 Å². The summed E-state index contributed by atoms with van der Waals surface area (Å²) in [5.74, 6) is 3.90. The highest BCUT2D eigenvalue weighted by Gasteiger charge is 2.28. The first kappa shape index (κ1) is 23.3. The fraction of sp³-hybridized carbons (Fsp3) is 0.636. The summed E-state index contributed by atoms with van der Waals surface area (Å²) in [6.45, 7) is 1.26. The SMILES string of the molecule is COc1ccc(CNC(=O)[C@H](CSCC2CCCCC2)NC(=O)C2NCCS2)cc1. The zero-order chi connectivity index (χ0) is 21.2. The molecule has 3 rings (SSSR count). The van der Waals surface area contributed by atoms with Gasteiger partial charge < -0.3 is 15.4 Å². The van der Waals surface area contributed by atoms with Crippen LogP contribution in [-0.2, 0) is 16.1 Å². The Hall–Kier alpha value is -1.38. The molecule has 2 amide bonds. The van der Waals surface area contributed by atoms with Crippen LogP contribution in [0.1, 0.15) is 37.7 Å². The number of benzene rings is 1. The minimum absolute atomic E-state index is 0.0969. The van der Waals surface area contributed by atoms with E-state index in [0.29, 0.717) is 12.3 Å². The Labute approximate surface area is 188 Å². The molecule has 2 atom stereocenters. The number of hydrogen-bond donors (Lipinski definition) is 3. The van der Waals surface area contributed by atoms with Crippen LogP contribution >= 0.6 is 23.5 Å². The van der Waals surface area contributed by atoms with Crippen molar-refractivity contribution in [1.29, 1.82) is 0 Å². The molecule has 1 aliphatic heterocycles. The lowest BCUT2D eigenvalue weighted by Crippen LogP contribution is -2.52. The predicted octanol–water partition coefficient (Wildman–Crippen LogP) is 2.77. The van der Waals surface area contributed by atoms with Gasteiger partial charge in [-0.05, 0) is 42.2 Å².